The molecule has 1 aliphatic carbocycles. The highest BCUT2D eigenvalue weighted by Gasteiger charge is 2.34. The van der Waals surface area contributed by atoms with Crippen LogP contribution < -0.4 is 9.62 Å². The lowest BCUT2D eigenvalue weighted by Gasteiger charge is -2.34. The highest BCUT2D eigenvalue weighted by Crippen LogP contribution is 2.26. The van der Waals surface area contributed by atoms with E-state index in [9.17, 15) is 22.4 Å². The summed E-state index contributed by atoms with van der Waals surface area (Å²) in [7, 11) is -3.95. The van der Waals surface area contributed by atoms with Gasteiger partial charge in [0, 0.05) is 29.1 Å². The van der Waals surface area contributed by atoms with Crippen molar-refractivity contribution in [1.82, 2.24) is 10.2 Å². The number of hydrogen-bond donors (Lipinski definition) is 1. The number of amides is 2. The maximum Gasteiger partial charge on any atom is 0.244 e. The normalized spacial score (nSPS) is 14.4. The van der Waals surface area contributed by atoms with Gasteiger partial charge in [0.05, 0.1) is 11.9 Å². The van der Waals surface area contributed by atoms with Gasteiger partial charge in [-0.1, -0.05) is 72.4 Å². The molecular weight excluding hydrogens is 588 g/mol. The van der Waals surface area contributed by atoms with Gasteiger partial charge in [0.15, 0.2) is 0 Å². The van der Waals surface area contributed by atoms with Crippen molar-refractivity contribution in [3.63, 3.8) is 0 Å². The van der Waals surface area contributed by atoms with Crippen molar-refractivity contribution in [3.05, 3.63) is 99.8 Å². The van der Waals surface area contributed by atoms with E-state index in [2.05, 4.69) is 5.32 Å². The number of nitrogens with one attached hydrogen (secondary N) is 1. The molecule has 0 spiro atoms. The molecule has 1 aliphatic rings. The molecule has 41 heavy (non-hydrogen) atoms. The molecule has 0 saturated heterocycles. The Morgan fingerprint density at radius 3 is 2.27 bits per heavy atom. The van der Waals surface area contributed by atoms with Gasteiger partial charge in [0.25, 0.3) is 0 Å². The molecule has 1 fully saturated rings. The summed E-state index contributed by atoms with van der Waals surface area (Å²) in [5.41, 5.74) is 1.50. The first-order chi connectivity index (χ1) is 19.5. The quantitative estimate of drug-likeness (QED) is 0.303. The average molecular weight is 621 g/mol. The largest absolute Gasteiger partial charge is 0.352 e. The molecule has 1 saturated carbocycles. The fourth-order valence-corrected chi connectivity index (χ4v) is 6.29. The minimum atomic E-state index is -3.95. The molecule has 1 N–H and O–H groups in total. The fourth-order valence-electron chi connectivity index (χ4n) is 4.98. The predicted octanol–water partition coefficient (Wildman–Crippen LogP) is 5.60. The van der Waals surface area contributed by atoms with Gasteiger partial charge in [-0.05, 0) is 60.4 Å². The maximum atomic E-state index is 14.1. The third-order valence-electron chi connectivity index (χ3n) is 7.12. The third-order valence-corrected chi connectivity index (χ3v) is 8.85. The summed E-state index contributed by atoms with van der Waals surface area (Å²) in [4.78, 5) is 29.3. The zero-order valence-corrected chi connectivity index (χ0v) is 24.9. The molecule has 0 heterocycles. The van der Waals surface area contributed by atoms with E-state index in [-0.39, 0.29) is 30.6 Å². The first-order valence-electron chi connectivity index (χ1n) is 13.3. The number of rotatable bonds is 11. The van der Waals surface area contributed by atoms with Gasteiger partial charge in [-0.2, -0.15) is 0 Å². The van der Waals surface area contributed by atoms with Gasteiger partial charge >= 0.3 is 0 Å². The summed E-state index contributed by atoms with van der Waals surface area (Å²) < 4.78 is 40.1. The lowest BCUT2D eigenvalue weighted by Crippen LogP contribution is -2.54. The van der Waals surface area contributed by atoms with Crippen LogP contribution in [0.5, 0.6) is 0 Å². The molecule has 218 valence electrons. The highest BCUT2D eigenvalue weighted by atomic mass is 35.5. The van der Waals surface area contributed by atoms with Gasteiger partial charge in [0.2, 0.25) is 21.8 Å². The first kappa shape index (κ1) is 30.8. The van der Waals surface area contributed by atoms with Gasteiger partial charge in [-0.15, -0.1) is 0 Å². The second kappa shape index (κ2) is 13.7. The summed E-state index contributed by atoms with van der Waals surface area (Å²) in [5.74, 6) is -1.49. The number of halogens is 3. The monoisotopic (exact) mass is 619 g/mol. The summed E-state index contributed by atoms with van der Waals surface area (Å²) >= 11 is 12.6. The first-order valence-corrected chi connectivity index (χ1v) is 15.9. The second-order valence-corrected chi connectivity index (χ2v) is 12.9. The van der Waals surface area contributed by atoms with E-state index in [0.717, 1.165) is 53.9 Å². The number of sulfonamides is 1. The third kappa shape index (κ3) is 8.44. The topological polar surface area (TPSA) is 86.8 Å². The van der Waals surface area contributed by atoms with Crippen molar-refractivity contribution in [3.8, 4) is 0 Å². The van der Waals surface area contributed by atoms with Crippen LogP contribution in [0.1, 0.15) is 36.8 Å². The van der Waals surface area contributed by atoms with Crippen molar-refractivity contribution >= 4 is 50.7 Å². The van der Waals surface area contributed by atoms with E-state index in [0.29, 0.717) is 15.6 Å². The van der Waals surface area contributed by atoms with Gasteiger partial charge in [0.1, 0.15) is 18.4 Å². The number of anilines is 1. The Kier molecular flexibility index (Phi) is 10.3. The number of carbonyl (C=O) groups is 2. The SMILES string of the molecule is CS(=O)(=O)N(CC(=O)N(Cc1ccc(Cl)cc1Cl)C(Cc1ccccc1)C(=O)NC1CCCC1)c1ccc(F)cc1. The van der Waals surface area contributed by atoms with E-state index in [1.54, 1.807) is 18.2 Å². The van der Waals surface area contributed by atoms with E-state index in [1.807, 2.05) is 30.3 Å². The Morgan fingerprint density at radius 1 is 1.00 bits per heavy atom. The summed E-state index contributed by atoms with van der Waals surface area (Å²) in [6, 6.07) is 18.0. The predicted molar refractivity (Wildman–Crippen MR) is 160 cm³/mol. The molecule has 4 rings (SSSR count). The molecule has 0 radical (unpaired) electrons. The molecule has 0 aromatic heterocycles. The van der Waals surface area contributed by atoms with Gasteiger partial charge < -0.3 is 10.2 Å². The van der Waals surface area contributed by atoms with Crippen LogP contribution >= 0.6 is 23.2 Å². The van der Waals surface area contributed by atoms with Crippen LogP contribution in [0.3, 0.4) is 0 Å². The van der Waals surface area contributed by atoms with Crippen LogP contribution in [-0.4, -0.2) is 50.0 Å². The molecule has 0 bridgehead atoms. The zero-order valence-electron chi connectivity index (χ0n) is 22.6. The standard InChI is InChI=1S/C30H32Cl2FN3O4S/c1-41(39,40)36(26-15-13-24(33)14-16-26)20-29(37)35(19-22-11-12-23(31)18-27(22)32)28(17-21-7-3-2-4-8-21)30(38)34-25-9-5-6-10-25/h2-4,7-8,11-16,18,25,28H,5-6,9-10,17,19-20H2,1H3,(H,34,38). The van der Waals surface area contributed by atoms with Crippen molar-refractivity contribution in [1.29, 1.82) is 0 Å². The Labute approximate surface area is 250 Å². The van der Waals surface area contributed by atoms with Crippen LogP contribution in [0, 0.1) is 5.82 Å². The van der Waals surface area contributed by atoms with E-state index >= 15 is 0 Å². The van der Waals surface area contributed by atoms with Crippen LogP contribution in [-0.2, 0) is 32.6 Å². The summed E-state index contributed by atoms with van der Waals surface area (Å²) in [6.45, 7) is -0.664. The summed E-state index contributed by atoms with van der Waals surface area (Å²) in [6.07, 6.45) is 4.90. The minimum absolute atomic E-state index is 0.00331. The van der Waals surface area contributed by atoms with Crippen LogP contribution in [0.25, 0.3) is 0 Å². The van der Waals surface area contributed by atoms with Gasteiger partial charge in [-0.3, -0.25) is 13.9 Å². The van der Waals surface area contributed by atoms with Crippen LogP contribution in [0.15, 0.2) is 72.8 Å². The van der Waals surface area contributed by atoms with Crippen molar-refractivity contribution < 1.29 is 22.4 Å². The number of carbonyl (C=O) groups excluding carboxylic acids is 2. The van der Waals surface area contributed by atoms with E-state index < -0.39 is 34.3 Å². The van der Waals surface area contributed by atoms with Crippen molar-refractivity contribution in [2.75, 3.05) is 17.1 Å². The molecule has 7 nitrogen and oxygen atoms in total. The molecule has 0 aliphatic heterocycles. The number of nitrogens with zero attached hydrogens (tertiary/aromatic N) is 2. The summed E-state index contributed by atoms with van der Waals surface area (Å²) in [5, 5.41) is 3.83. The molecule has 3 aromatic rings. The Bertz CT molecular complexity index is 1470. The molecular formula is C30H32Cl2FN3O4S. The molecule has 11 heteroatoms. The lowest BCUT2D eigenvalue weighted by molar-refractivity contribution is -0.140. The lowest BCUT2D eigenvalue weighted by atomic mass is 10.0. The molecule has 2 amide bonds. The maximum absolute atomic E-state index is 14.1. The van der Waals surface area contributed by atoms with E-state index in [4.69, 9.17) is 23.2 Å². The Balaban J connectivity index is 1.74. The molecule has 1 unspecified atom stereocenters. The highest BCUT2D eigenvalue weighted by molar-refractivity contribution is 7.92. The van der Waals surface area contributed by atoms with E-state index in [1.165, 1.54) is 17.0 Å². The zero-order chi connectivity index (χ0) is 29.6. The Morgan fingerprint density at radius 2 is 1.66 bits per heavy atom. The minimum Gasteiger partial charge on any atom is -0.352 e. The number of benzene rings is 3. The number of hydrogen-bond acceptors (Lipinski definition) is 4. The smallest absolute Gasteiger partial charge is 0.244 e. The van der Waals surface area contributed by atoms with Crippen molar-refractivity contribution in [2.45, 2.75) is 50.7 Å². The second-order valence-electron chi connectivity index (χ2n) is 10.2. The average Bonchev–Trinajstić information content (AvgIpc) is 3.44. The van der Waals surface area contributed by atoms with Gasteiger partial charge in [-0.25, -0.2) is 12.8 Å². The van der Waals surface area contributed by atoms with Crippen molar-refractivity contribution in [2.24, 2.45) is 0 Å². The molecule has 3 aromatic carbocycles. The molecule has 1 atom stereocenters. The Hall–Kier alpha value is -3.14. The van der Waals surface area contributed by atoms with Crippen LogP contribution in [0.4, 0.5) is 10.1 Å². The van der Waals surface area contributed by atoms with Crippen LogP contribution in [0.2, 0.25) is 10.0 Å². The fraction of sp³-hybridized carbons (Fsp3) is 0.333.